The molecule has 0 spiro atoms. The van der Waals surface area contributed by atoms with Gasteiger partial charge in [0.05, 0.1) is 0 Å². The van der Waals surface area contributed by atoms with E-state index in [1.165, 1.54) is 5.56 Å². The molecule has 1 fully saturated rings. The Morgan fingerprint density at radius 2 is 1.85 bits per heavy atom. The summed E-state index contributed by atoms with van der Waals surface area (Å²) in [5, 5.41) is 12.4. The Balaban J connectivity index is 1.57. The lowest BCUT2D eigenvalue weighted by molar-refractivity contribution is -0.122. The van der Waals surface area contributed by atoms with Crippen molar-refractivity contribution in [3.8, 4) is 0 Å². The third kappa shape index (κ3) is 5.27. The number of carbonyl (C=O) groups is 1. The summed E-state index contributed by atoms with van der Waals surface area (Å²) in [6.45, 7) is 1.97. The van der Waals surface area contributed by atoms with Gasteiger partial charge in [-0.2, -0.15) is 15.0 Å². The molecule has 5 N–H and O–H groups in total. The number of carbonyl (C=O) groups excluding carboxylic acids is 1. The SMILES string of the molecule is NC(=O)C1CCN(c2nc(NO)nc(NCCCc3ccccc3)n2)CC1. The molecule has 144 valence electrons. The van der Waals surface area contributed by atoms with E-state index in [9.17, 15) is 10.0 Å². The van der Waals surface area contributed by atoms with E-state index in [4.69, 9.17) is 5.73 Å². The number of nitrogens with zero attached hydrogens (tertiary/aromatic N) is 4. The molecule has 1 aliphatic rings. The van der Waals surface area contributed by atoms with Gasteiger partial charge in [0.15, 0.2) is 0 Å². The van der Waals surface area contributed by atoms with Gasteiger partial charge in [-0.1, -0.05) is 30.3 Å². The predicted octanol–water partition coefficient (Wildman–Crippen LogP) is 1.42. The van der Waals surface area contributed by atoms with Crippen LogP contribution in [0.25, 0.3) is 0 Å². The monoisotopic (exact) mass is 371 g/mol. The van der Waals surface area contributed by atoms with Gasteiger partial charge in [0.1, 0.15) is 0 Å². The van der Waals surface area contributed by atoms with Crippen molar-refractivity contribution < 1.29 is 10.0 Å². The van der Waals surface area contributed by atoms with Gasteiger partial charge < -0.3 is 16.0 Å². The summed E-state index contributed by atoms with van der Waals surface area (Å²) in [5.74, 6) is 0.595. The summed E-state index contributed by atoms with van der Waals surface area (Å²) in [4.78, 5) is 26.1. The van der Waals surface area contributed by atoms with E-state index in [0.29, 0.717) is 44.4 Å². The number of benzene rings is 1. The van der Waals surface area contributed by atoms with Crippen LogP contribution in [-0.4, -0.2) is 45.7 Å². The lowest BCUT2D eigenvalue weighted by atomic mass is 9.96. The van der Waals surface area contributed by atoms with Crippen LogP contribution in [0.3, 0.4) is 0 Å². The molecule has 3 rings (SSSR count). The summed E-state index contributed by atoms with van der Waals surface area (Å²) in [7, 11) is 0. The van der Waals surface area contributed by atoms with Gasteiger partial charge >= 0.3 is 0 Å². The first-order chi connectivity index (χ1) is 13.2. The Kier molecular flexibility index (Phi) is 6.37. The maximum Gasteiger partial charge on any atom is 0.253 e. The molecule has 1 saturated heterocycles. The molecule has 9 heteroatoms. The number of piperidine rings is 1. The number of rotatable bonds is 8. The first kappa shape index (κ1) is 18.8. The average molecular weight is 371 g/mol. The van der Waals surface area contributed by atoms with Crippen molar-refractivity contribution >= 4 is 23.8 Å². The zero-order valence-electron chi connectivity index (χ0n) is 15.1. The summed E-state index contributed by atoms with van der Waals surface area (Å²) in [6, 6.07) is 10.3. The van der Waals surface area contributed by atoms with Crippen LogP contribution in [0.15, 0.2) is 30.3 Å². The lowest BCUT2D eigenvalue weighted by Crippen LogP contribution is -2.39. The molecule has 1 aromatic carbocycles. The number of anilines is 3. The minimum Gasteiger partial charge on any atom is -0.369 e. The fourth-order valence-corrected chi connectivity index (χ4v) is 3.14. The van der Waals surface area contributed by atoms with Gasteiger partial charge in [0.2, 0.25) is 17.8 Å². The number of nitrogens with one attached hydrogen (secondary N) is 2. The van der Waals surface area contributed by atoms with Crippen molar-refractivity contribution in [3.63, 3.8) is 0 Å². The number of aryl methyl sites for hydroxylation is 1. The highest BCUT2D eigenvalue weighted by Crippen LogP contribution is 2.22. The second kappa shape index (κ2) is 9.13. The Morgan fingerprint density at radius 3 is 2.52 bits per heavy atom. The highest BCUT2D eigenvalue weighted by molar-refractivity contribution is 5.76. The minimum absolute atomic E-state index is 0.0857. The number of hydrogen-bond acceptors (Lipinski definition) is 8. The second-order valence-corrected chi connectivity index (χ2v) is 6.57. The molecule has 0 unspecified atom stereocenters. The zero-order valence-corrected chi connectivity index (χ0v) is 15.1. The van der Waals surface area contributed by atoms with Crippen LogP contribution >= 0.6 is 0 Å². The van der Waals surface area contributed by atoms with Crippen molar-refractivity contribution in [2.75, 3.05) is 35.3 Å². The van der Waals surface area contributed by atoms with E-state index in [1.807, 2.05) is 28.6 Å². The quantitative estimate of drug-likeness (QED) is 0.405. The molecule has 1 aliphatic heterocycles. The maximum atomic E-state index is 11.3. The fourth-order valence-electron chi connectivity index (χ4n) is 3.14. The normalized spacial score (nSPS) is 14.8. The van der Waals surface area contributed by atoms with E-state index in [-0.39, 0.29) is 17.8 Å². The van der Waals surface area contributed by atoms with Crippen LogP contribution in [0.1, 0.15) is 24.8 Å². The highest BCUT2D eigenvalue weighted by Gasteiger charge is 2.25. The summed E-state index contributed by atoms with van der Waals surface area (Å²) < 4.78 is 0. The van der Waals surface area contributed by atoms with Gasteiger partial charge in [-0.15, -0.1) is 0 Å². The number of amides is 1. The predicted molar refractivity (Wildman–Crippen MR) is 103 cm³/mol. The molecule has 2 heterocycles. The molecule has 0 bridgehead atoms. The molecule has 1 aromatic heterocycles. The van der Waals surface area contributed by atoms with E-state index in [1.54, 1.807) is 0 Å². The first-order valence-corrected chi connectivity index (χ1v) is 9.14. The molecule has 0 atom stereocenters. The number of hydrogen-bond donors (Lipinski definition) is 4. The van der Waals surface area contributed by atoms with Crippen LogP contribution in [0, 0.1) is 5.92 Å². The van der Waals surface area contributed by atoms with Crippen molar-refractivity contribution in [1.82, 2.24) is 15.0 Å². The number of aromatic nitrogens is 3. The standard InChI is InChI=1S/C18H25N7O2/c19-15(26)14-8-11-25(12-9-14)18-22-16(21-17(23-18)24-27)20-10-4-7-13-5-2-1-3-6-13/h1-3,5-6,14,27H,4,7-12H2,(H2,19,26)(H2,20,21,22,23,24). The van der Waals surface area contributed by atoms with Crippen molar-refractivity contribution in [2.24, 2.45) is 11.7 Å². The van der Waals surface area contributed by atoms with Crippen LogP contribution < -0.4 is 21.4 Å². The summed E-state index contributed by atoms with van der Waals surface area (Å²) in [6.07, 6.45) is 3.22. The van der Waals surface area contributed by atoms with Crippen LogP contribution in [-0.2, 0) is 11.2 Å². The highest BCUT2D eigenvalue weighted by atomic mass is 16.5. The van der Waals surface area contributed by atoms with Gasteiger partial charge in [0, 0.05) is 25.6 Å². The van der Waals surface area contributed by atoms with Crippen LogP contribution in [0.2, 0.25) is 0 Å². The topological polar surface area (TPSA) is 129 Å². The molecule has 9 nitrogen and oxygen atoms in total. The molecule has 0 radical (unpaired) electrons. The number of primary amides is 1. The zero-order chi connectivity index (χ0) is 19.1. The summed E-state index contributed by atoms with van der Waals surface area (Å²) >= 11 is 0. The van der Waals surface area contributed by atoms with Crippen LogP contribution in [0.4, 0.5) is 17.8 Å². The van der Waals surface area contributed by atoms with Crippen molar-refractivity contribution in [3.05, 3.63) is 35.9 Å². The van der Waals surface area contributed by atoms with Crippen molar-refractivity contribution in [2.45, 2.75) is 25.7 Å². The molecule has 0 saturated carbocycles. The lowest BCUT2D eigenvalue weighted by Gasteiger charge is -2.30. The fraction of sp³-hybridized carbons (Fsp3) is 0.444. The second-order valence-electron chi connectivity index (χ2n) is 6.57. The molecular formula is C18H25N7O2. The Hall–Kier alpha value is -2.94. The first-order valence-electron chi connectivity index (χ1n) is 9.14. The van der Waals surface area contributed by atoms with Gasteiger partial charge in [-0.05, 0) is 31.2 Å². The van der Waals surface area contributed by atoms with Gasteiger partial charge in [0.25, 0.3) is 5.95 Å². The molecule has 1 amide bonds. The molecule has 27 heavy (non-hydrogen) atoms. The van der Waals surface area contributed by atoms with Gasteiger partial charge in [-0.25, -0.2) is 5.48 Å². The maximum absolute atomic E-state index is 11.3. The van der Waals surface area contributed by atoms with E-state index < -0.39 is 0 Å². The largest absolute Gasteiger partial charge is 0.369 e. The summed E-state index contributed by atoms with van der Waals surface area (Å²) in [5.41, 5.74) is 8.65. The average Bonchev–Trinajstić information content (AvgIpc) is 2.72. The molecule has 0 aliphatic carbocycles. The van der Waals surface area contributed by atoms with E-state index in [2.05, 4.69) is 32.4 Å². The Morgan fingerprint density at radius 1 is 1.15 bits per heavy atom. The molecule has 2 aromatic rings. The molecular weight excluding hydrogens is 346 g/mol. The van der Waals surface area contributed by atoms with Crippen molar-refractivity contribution in [1.29, 1.82) is 0 Å². The van der Waals surface area contributed by atoms with Gasteiger partial charge in [-0.3, -0.25) is 10.0 Å². The number of nitrogens with two attached hydrogens (primary N) is 1. The van der Waals surface area contributed by atoms with E-state index >= 15 is 0 Å². The van der Waals surface area contributed by atoms with Crippen LogP contribution in [0.5, 0.6) is 0 Å². The minimum atomic E-state index is -0.260. The third-order valence-corrected chi connectivity index (χ3v) is 4.67. The Labute approximate surface area is 158 Å². The third-order valence-electron chi connectivity index (χ3n) is 4.67. The smallest absolute Gasteiger partial charge is 0.253 e. The Bertz CT molecular complexity index is 749. The van der Waals surface area contributed by atoms with E-state index in [0.717, 1.165) is 12.8 Å².